The van der Waals surface area contributed by atoms with Crippen LogP contribution in [0.1, 0.15) is 40.3 Å². The van der Waals surface area contributed by atoms with Gasteiger partial charge in [-0.05, 0) is 19.1 Å². The molecule has 1 N–H and O–H groups in total. The molecule has 0 amide bonds. The molecule has 2 aromatic rings. The minimum Gasteiger partial charge on any atom is -0.502 e. The van der Waals surface area contributed by atoms with Crippen LogP contribution in [0.25, 0.3) is 6.08 Å². The van der Waals surface area contributed by atoms with E-state index >= 15 is 0 Å². The number of esters is 1. The number of rotatable bonds is 4. The lowest BCUT2D eigenvalue weighted by Crippen LogP contribution is -2.15. The Morgan fingerprint density at radius 1 is 1.20 bits per heavy atom. The van der Waals surface area contributed by atoms with Crippen molar-refractivity contribution in [2.45, 2.75) is 13.0 Å². The van der Waals surface area contributed by atoms with Crippen LogP contribution in [0, 0.1) is 0 Å². The van der Waals surface area contributed by atoms with E-state index in [2.05, 4.69) is 0 Å². The molecular weight excluding hydrogens is 328 g/mol. The van der Waals surface area contributed by atoms with Crippen molar-refractivity contribution in [1.82, 2.24) is 0 Å². The van der Waals surface area contributed by atoms with Crippen molar-refractivity contribution < 1.29 is 28.5 Å². The Labute approximate surface area is 143 Å². The molecule has 0 saturated heterocycles. The molecule has 1 aliphatic rings. The first kappa shape index (κ1) is 16.6. The monoisotopic (exact) mass is 344 g/mol. The van der Waals surface area contributed by atoms with Gasteiger partial charge in [0.2, 0.25) is 11.2 Å². The highest BCUT2D eigenvalue weighted by molar-refractivity contribution is 5.96. The summed E-state index contributed by atoms with van der Waals surface area (Å²) in [5.74, 6) is -0.378. The number of ether oxygens (including phenoxy) is 3. The van der Waals surface area contributed by atoms with Gasteiger partial charge in [0.1, 0.15) is 17.8 Å². The molecule has 0 radical (unpaired) electrons. The zero-order chi connectivity index (χ0) is 18.1. The van der Waals surface area contributed by atoms with Crippen LogP contribution in [0.5, 0.6) is 17.2 Å². The van der Waals surface area contributed by atoms with Crippen LogP contribution in [0.4, 0.5) is 0 Å². The van der Waals surface area contributed by atoms with Crippen molar-refractivity contribution >= 4 is 12.0 Å². The van der Waals surface area contributed by atoms with Gasteiger partial charge in [-0.3, -0.25) is 4.79 Å². The Balaban J connectivity index is 2.19. The molecule has 7 nitrogen and oxygen atoms in total. The number of hydrogen-bond acceptors (Lipinski definition) is 7. The Bertz CT molecular complexity index is 924. The van der Waals surface area contributed by atoms with E-state index in [0.29, 0.717) is 17.1 Å². The van der Waals surface area contributed by atoms with Crippen molar-refractivity contribution in [3.05, 3.63) is 57.1 Å². The Morgan fingerprint density at radius 2 is 1.96 bits per heavy atom. The Morgan fingerprint density at radius 3 is 2.60 bits per heavy atom. The lowest BCUT2D eigenvalue weighted by Gasteiger charge is -2.14. The fourth-order valence-electron chi connectivity index (χ4n) is 2.71. The quantitative estimate of drug-likeness (QED) is 0.852. The van der Waals surface area contributed by atoms with Crippen LogP contribution >= 0.6 is 0 Å². The molecule has 0 aliphatic carbocycles. The van der Waals surface area contributed by atoms with Gasteiger partial charge in [0.25, 0.3) is 0 Å². The summed E-state index contributed by atoms with van der Waals surface area (Å²) >= 11 is 0. The molecular formula is C18H16O7. The molecule has 1 aromatic heterocycles. The van der Waals surface area contributed by atoms with Gasteiger partial charge in [-0.25, -0.2) is 4.79 Å². The molecule has 0 fully saturated rings. The van der Waals surface area contributed by atoms with E-state index in [0.717, 1.165) is 0 Å². The molecule has 1 aromatic carbocycles. The van der Waals surface area contributed by atoms with Gasteiger partial charge in [-0.2, -0.15) is 0 Å². The second-order valence-corrected chi connectivity index (χ2v) is 5.31. The normalized spacial score (nSPS) is 16.0. The Hall–Kier alpha value is -3.22. The molecule has 0 unspecified atom stereocenters. The smallest absolute Gasteiger partial charge is 0.339 e. The van der Waals surface area contributed by atoms with E-state index in [4.69, 9.17) is 18.6 Å². The predicted octanol–water partition coefficient (Wildman–Crippen LogP) is 2.66. The third kappa shape index (κ3) is 2.63. The summed E-state index contributed by atoms with van der Waals surface area (Å²) in [6.45, 7) is 1.72. The first-order valence-corrected chi connectivity index (χ1v) is 7.46. The molecule has 0 saturated carbocycles. The predicted molar refractivity (Wildman–Crippen MR) is 88.2 cm³/mol. The summed E-state index contributed by atoms with van der Waals surface area (Å²) in [6.07, 6.45) is 3.22. The second-order valence-electron chi connectivity index (χ2n) is 5.31. The number of cyclic esters (lactones) is 1. The van der Waals surface area contributed by atoms with E-state index in [1.54, 1.807) is 19.1 Å². The van der Waals surface area contributed by atoms with Crippen LogP contribution in [-0.4, -0.2) is 25.3 Å². The van der Waals surface area contributed by atoms with Gasteiger partial charge in [-0.1, -0.05) is 6.08 Å². The molecule has 3 rings (SSSR count). The van der Waals surface area contributed by atoms with Crippen molar-refractivity contribution in [1.29, 1.82) is 0 Å². The number of methoxy groups -OCH3 is 2. The highest BCUT2D eigenvalue weighted by atomic mass is 16.6. The molecule has 130 valence electrons. The fraction of sp³-hybridized carbons (Fsp3) is 0.222. The average molecular weight is 344 g/mol. The maximum Gasteiger partial charge on any atom is 0.339 e. The molecule has 25 heavy (non-hydrogen) atoms. The zero-order valence-electron chi connectivity index (χ0n) is 13.9. The third-order valence-corrected chi connectivity index (χ3v) is 3.90. The van der Waals surface area contributed by atoms with Crippen LogP contribution in [-0.2, 0) is 4.74 Å². The SMILES string of the molecule is C/C=C/c1occ([C@H]2OC(=O)c3cc(OC)cc(OC)c32)c(=O)c1O. The van der Waals surface area contributed by atoms with Crippen LogP contribution in [0.2, 0.25) is 0 Å². The van der Waals surface area contributed by atoms with Crippen molar-refractivity contribution in [2.24, 2.45) is 0 Å². The van der Waals surface area contributed by atoms with Gasteiger partial charge in [0, 0.05) is 6.07 Å². The van der Waals surface area contributed by atoms with E-state index in [-0.39, 0.29) is 16.9 Å². The number of carbonyl (C=O) groups is 1. The number of hydrogen-bond donors (Lipinski definition) is 1. The number of benzene rings is 1. The minimum atomic E-state index is -1.04. The number of allylic oxidation sites excluding steroid dienone is 1. The first-order chi connectivity index (χ1) is 12.0. The average Bonchev–Trinajstić information content (AvgIpc) is 2.95. The lowest BCUT2D eigenvalue weighted by molar-refractivity contribution is 0.0449. The molecule has 0 bridgehead atoms. The van der Waals surface area contributed by atoms with Crippen molar-refractivity contribution in [2.75, 3.05) is 14.2 Å². The number of carbonyl (C=O) groups excluding carboxylic acids is 1. The van der Waals surface area contributed by atoms with Gasteiger partial charge in [0.05, 0.1) is 30.9 Å². The second kappa shape index (κ2) is 6.35. The van der Waals surface area contributed by atoms with Gasteiger partial charge in [0.15, 0.2) is 11.9 Å². The zero-order valence-corrected chi connectivity index (χ0v) is 13.9. The molecule has 1 aliphatic heterocycles. The largest absolute Gasteiger partial charge is 0.502 e. The summed E-state index contributed by atoms with van der Waals surface area (Å²) in [7, 11) is 2.90. The lowest BCUT2D eigenvalue weighted by atomic mass is 9.98. The van der Waals surface area contributed by atoms with E-state index < -0.39 is 23.3 Å². The summed E-state index contributed by atoms with van der Waals surface area (Å²) in [5, 5.41) is 10.0. The molecule has 0 spiro atoms. The summed E-state index contributed by atoms with van der Waals surface area (Å²) in [4.78, 5) is 24.7. The Kier molecular flexibility index (Phi) is 4.22. The van der Waals surface area contributed by atoms with Crippen LogP contribution in [0.3, 0.4) is 0 Å². The topological polar surface area (TPSA) is 95.2 Å². The molecule has 7 heteroatoms. The van der Waals surface area contributed by atoms with E-state index in [1.165, 1.54) is 32.6 Å². The third-order valence-electron chi connectivity index (χ3n) is 3.90. The minimum absolute atomic E-state index is 0.00122. The van der Waals surface area contributed by atoms with Crippen molar-refractivity contribution in [3.63, 3.8) is 0 Å². The highest BCUT2D eigenvalue weighted by Crippen LogP contribution is 2.43. The number of fused-ring (bicyclic) bond motifs is 1. The maximum atomic E-state index is 12.5. The van der Waals surface area contributed by atoms with E-state index in [9.17, 15) is 14.7 Å². The summed E-state index contributed by atoms with van der Waals surface area (Å²) in [5.41, 5.74) is -0.0550. The first-order valence-electron chi connectivity index (χ1n) is 7.46. The fourth-order valence-corrected chi connectivity index (χ4v) is 2.71. The van der Waals surface area contributed by atoms with Crippen LogP contribution in [0.15, 0.2) is 33.7 Å². The van der Waals surface area contributed by atoms with Gasteiger partial charge in [-0.15, -0.1) is 0 Å². The van der Waals surface area contributed by atoms with E-state index in [1.807, 2.05) is 0 Å². The van der Waals surface area contributed by atoms with Gasteiger partial charge < -0.3 is 23.7 Å². The summed E-state index contributed by atoms with van der Waals surface area (Å²) in [6, 6.07) is 3.10. The maximum absolute atomic E-state index is 12.5. The van der Waals surface area contributed by atoms with Gasteiger partial charge >= 0.3 is 5.97 Å². The standard InChI is InChI=1S/C18H16O7/c1-4-5-12-16(20)15(19)11(8-24-12)17-14-10(18(21)25-17)6-9(22-2)7-13(14)23-3/h4-8,17,20H,1-3H3/b5-4+/t17-/m1/s1. The van der Waals surface area contributed by atoms with Crippen molar-refractivity contribution in [3.8, 4) is 17.2 Å². The molecule has 1 atom stereocenters. The molecule has 2 heterocycles. The van der Waals surface area contributed by atoms with Crippen LogP contribution < -0.4 is 14.9 Å². The number of aromatic hydroxyl groups is 1. The highest BCUT2D eigenvalue weighted by Gasteiger charge is 2.38. The summed E-state index contributed by atoms with van der Waals surface area (Å²) < 4.78 is 21.1.